The van der Waals surface area contributed by atoms with E-state index in [2.05, 4.69) is 9.62 Å². The molecule has 1 amide bonds. The fourth-order valence-electron chi connectivity index (χ4n) is 5.79. The first kappa shape index (κ1) is 28.0. The molecule has 3 aliphatic rings. The molecule has 7 nitrogen and oxygen atoms in total. The Hall–Kier alpha value is -2.55. The number of carbonyl (C=O) groups is 1. The number of anilines is 1. The zero-order valence-corrected chi connectivity index (χ0v) is 24.0. The molecule has 1 aliphatic carbocycles. The lowest BCUT2D eigenvalue weighted by Crippen LogP contribution is -2.43. The maximum absolute atomic E-state index is 13.2. The van der Waals surface area contributed by atoms with Gasteiger partial charge in [0.25, 0.3) is 5.91 Å². The summed E-state index contributed by atoms with van der Waals surface area (Å²) in [5, 5.41) is 10.8. The quantitative estimate of drug-likeness (QED) is 0.426. The number of aryl methyl sites for hydroxylation is 1. The van der Waals surface area contributed by atoms with Crippen LogP contribution in [0.15, 0.2) is 48.6 Å². The molecule has 3 unspecified atom stereocenters. The van der Waals surface area contributed by atoms with Crippen molar-refractivity contribution in [2.75, 3.05) is 18.0 Å². The highest BCUT2D eigenvalue weighted by Crippen LogP contribution is 2.41. The van der Waals surface area contributed by atoms with Gasteiger partial charge in [-0.2, -0.15) is 0 Å². The van der Waals surface area contributed by atoms with Gasteiger partial charge < -0.3 is 14.7 Å². The lowest BCUT2D eigenvalue weighted by Gasteiger charge is -2.42. The number of benzene rings is 2. The summed E-state index contributed by atoms with van der Waals surface area (Å²) in [4.78, 5) is 15.4. The van der Waals surface area contributed by atoms with E-state index < -0.39 is 27.3 Å². The van der Waals surface area contributed by atoms with Crippen LogP contribution in [0.25, 0.3) is 0 Å². The van der Waals surface area contributed by atoms with Gasteiger partial charge >= 0.3 is 0 Å². The first-order chi connectivity index (χ1) is 18.6. The number of aliphatic hydroxyl groups excluding tert-OH is 1. The summed E-state index contributed by atoms with van der Waals surface area (Å²) in [6, 6.07) is 11.0. The third-order valence-electron chi connectivity index (χ3n) is 8.68. The number of nitrogens with one attached hydrogen (secondary N) is 1. The summed E-state index contributed by atoms with van der Waals surface area (Å²) in [6.45, 7) is 5.20. The highest BCUT2D eigenvalue weighted by molar-refractivity contribution is 7.90. The third-order valence-corrected chi connectivity index (χ3v) is 10.8. The molecule has 0 spiro atoms. The maximum atomic E-state index is 13.2. The number of aliphatic hydroxyl groups is 1. The molecule has 39 heavy (non-hydrogen) atoms. The van der Waals surface area contributed by atoms with Crippen LogP contribution >= 0.6 is 11.6 Å². The van der Waals surface area contributed by atoms with Crippen LogP contribution in [-0.4, -0.2) is 43.9 Å². The van der Waals surface area contributed by atoms with E-state index in [1.165, 1.54) is 5.56 Å². The number of hydrogen-bond donors (Lipinski definition) is 2. The first-order valence-electron chi connectivity index (χ1n) is 13.8. The summed E-state index contributed by atoms with van der Waals surface area (Å²) in [7, 11) is -3.94. The Bertz CT molecular complexity index is 1360. The predicted octanol–water partition coefficient (Wildman–Crippen LogP) is 5.10. The summed E-state index contributed by atoms with van der Waals surface area (Å²) in [5.41, 5.74) is 3.28. The molecule has 0 radical (unpaired) electrons. The van der Waals surface area contributed by atoms with Gasteiger partial charge in [0.15, 0.2) is 0 Å². The maximum Gasteiger partial charge on any atom is 0.264 e. The van der Waals surface area contributed by atoms with E-state index in [1.54, 1.807) is 44.2 Å². The molecule has 1 saturated carbocycles. The molecule has 2 N–H and O–H groups in total. The van der Waals surface area contributed by atoms with Crippen molar-refractivity contribution >= 4 is 33.2 Å². The number of fused-ring (bicyclic) bond motifs is 3. The SMILES string of the molecule is C[C@H]1/C=C/C(O)C2CCC2CN2CCCCc3cc(Cl)ccc3COc3ccc(cc32)C(=O)NS(=O)(=O)[C@H]1C. The molecule has 2 aromatic rings. The van der Waals surface area contributed by atoms with Crippen LogP contribution in [0.3, 0.4) is 0 Å². The second-order valence-electron chi connectivity index (χ2n) is 11.2. The Morgan fingerprint density at radius 2 is 1.87 bits per heavy atom. The van der Waals surface area contributed by atoms with E-state index in [9.17, 15) is 18.3 Å². The van der Waals surface area contributed by atoms with Gasteiger partial charge in [0.05, 0.1) is 17.0 Å². The van der Waals surface area contributed by atoms with E-state index in [-0.39, 0.29) is 23.3 Å². The van der Waals surface area contributed by atoms with E-state index in [0.717, 1.165) is 56.4 Å². The van der Waals surface area contributed by atoms with Crippen LogP contribution in [-0.2, 0) is 23.1 Å². The number of halogens is 1. The lowest BCUT2D eigenvalue weighted by molar-refractivity contribution is 0.0460. The minimum Gasteiger partial charge on any atom is -0.487 e. The van der Waals surface area contributed by atoms with Crippen molar-refractivity contribution in [3.63, 3.8) is 0 Å². The monoisotopic (exact) mass is 572 g/mol. The van der Waals surface area contributed by atoms with Gasteiger partial charge in [-0.15, -0.1) is 0 Å². The number of ether oxygens (including phenoxy) is 1. The summed E-state index contributed by atoms with van der Waals surface area (Å²) in [6.07, 6.45) is 7.55. The molecule has 5 rings (SSSR count). The number of nitrogens with zero attached hydrogens (tertiary/aromatic N) is 1. The number of rotatable bonds is 0. The molecule has 5 atom stereocenters. The average molecular weight is 573 g/mol. The van der Waals surface area contributed by atoms with Crippen molar-refractivity contribution in [1.29, 1.82) is 0 Å². The Balaban J connectivity index is 1.55. The Morgan fingerprint density at radius 1 is 1.05 bits per heavy atom. The van der Waals surface area contributed by atoms with Crippen molar-refractivity contribution in [1.82, 2.24) is 4.72 Å². The van der Waals surface area contributed by atoms with E-state index in [1.807, 2.05) is 18.2 Å². The van der Waals surface area contributed by atoms with Gasteiger partial charge in [-0.1, -0.05) is 36.7 Å². The van der Waals surface area contributed by atoms with Crippen molar-refractivity contribution in [2.24, 2.45) is 17.8 Å². The van der Waals surface area contributed by atoms with Crippen molar-refractivity contribution in [2.45, 2.75) is 63.9 Å². The number of hydrogen-bond acceptors (Lipinski definition) is 6. The van der Waals surface area contributed by atoms with Crippen molar-refractivity contribution < 1.29 is 23.1 Å². The number of amides is 1. The highest BCUT2D eigenvalue weighted by atomic mass is 35.5. The Labute approximate surface area is 236 Å². The Morgan fingerprint density at radius 3 is 2.64 bits per heavy atom. The fraction of sp³-hybridized carbons (Fsp3) is 0.500. The summed E-state index contributed by atoms with van der Waals surface area (Å²) < 4.78 is 34.7. The van der Waals surface area contributed by atoms with Crippen LogP contribution in [0.4, 0.5) is 5.69 Å². The third kappa shape index (κ3) is 6.13. The predicted molar refractivity (Wildman–Crippen MR) is 154 cm³/mol. The molecule has 2 bridgehead atoms. The second kappa shape index (κ2) is 11.5. The normalized spacial score (nSPS) is 30.0. The Kier molecular flexibility index (Phi) is 8.26. The molecular formula is C30H37ClN2O5S. The highest BCUT2D eigenvalue weighted by Gasteiger charge is 2.37. The first-order valence-corrected chi connectivity index (χ1v) is 15.8. The molecule has 210 valence electrons. The molecule has 2 aliphatic heterocycles. The van der Waals surface area contributed by atoms with E-state index >= 15 is 0 Å². The zero-order chi connectivity index (χ0) is 27.7. The van der Waals surface area contributed by atoms with Gasteiger partial charge in [-0.3, -0.25) is 4.79 Å². The van der Waals surface area contributed by atoms with Gasteiger partial charge in [-0.05, 0) is 98.2 Å². The van der Waals surface area contributed by atoms with Crippen LogP contribution in [0.1, 0.15) is 61.0 Å². The largest absolute Gasteiger partial charge is 0.487 e. The van der Waals surface area contributed by atoms with Gasteiger partial charge in [0.1, 0.15) is 12.4 Å². The molecular weight excluding hydrogens is 536 g/mol. The zero-order valence-electron chi connectivity index (χ0n) is 22.5. The number of sulfonamides is 1. The van der Waals surface area contributed by atoms with Crippen LogP contribution < -0.4 is 14.4 Å². The molecule has 1 fully saturated rings. The van der Waals surface area contributed by atoms with Crippen LogP contribution in [0, 0.1) is 17.8 Å². The molecule has 2 aromatic carbocycles. The van der Waals surface area contributed by atoms with E-state index in [0.29, 0.717) is 17.4 Å². The standard InChI is InChI=1S/C30H37ClN2O5S/c1-19-6-12-28(34)26-11-8-23(26)17-33-14-4-3-5-21-15-25(31)10-7-24(21)18-38-29-13-9-22(16-27(29)33)30(35)32-39(36,37)20(19)2/h6-7,9-10,12-13,15-16,19-20,23,26,28,34H,3-5,8,11,14,17-18H2,1-2H3,(H,32,35)/b12-6+/t19-,20-,23?,26?,28?/m0/s1. The minimum absolute atomic E-state index is 0.0994. The van der Waals surface area contributed by atoms with Gasteiger partial charge in [0.2, 0.25) is 10.0 Å². The van der Waals surface area contributed by atoms with Crippen molar-refractivity contribution in [3.05, 3.63) is 70.3 Å². The number of carbonyl (C=O) groups excluding carboxylic acids is 1. The van der Waals surface area contributed by atoms with Gasteiger partial charge in [-0.25, -0.2) is 13.1 Å². The summed E-state index contributed by atoms with van der Waals surface area (Å²) >= 11 is 6.28. The minimum atomic E-state index is -3.94. The van der Waals surface area contributed by atoms with Crippen LogP contribution in [0.2, 0.25) is 5.02 Å². The van der Waals surface area contributed by atoms with Crippen LogP contribution in [0.5, 0.6) is 5.75 Å². The molecule has 2 heterocycles. The molecule has 0 aromatic heterocycles. The lowest BCUT2D eigenvalue weighted by atomic mass is 9.70. The second-order valence-corrected chi connectivity index (χ2v) is 13.7. The van der Waals surface area contributed by atoms with Crippen molar-refractivity contribution in [3.8, 4) is 5.75 Å². The topological polar surface area (TPSA) is 95.9 Å². The molecule has 0 saturated heterocycles. The van der Waals surface area contributed by atoms with Gasteiger partial charge in [0, 0.05) is 23.7 Å². The average Bonchev–Trinajstić information content (AvgIpc) is 2.91. The smallest absolute Gasteiger partial charge is 0.264 e. The number of allylic oxidation sites excluding steroid dienone is 1. The van der Waals surface area contributed by atoms with E-state index in [4.69, 9.17) is 16.3 Å². The summed E-state index contributed by atoms with van der Waals surface area (Å²) in [5.74, 6) is -0.0221. The molecule has 9 heteroatoms. The fourth-order valence-corrected chi connectivity index (χ4v) is 7.20.